The minimum absolute atomic E-state index is 0.293. The molecule has 3 N–H and O–H groups in total. The monoisotopic (exact) mass is 231 g/mol. The van der Waals surface area contributed by atoms with Gasteiger partial charge in [0.1, 0.15) is 5.69 Å². The SMILES string of the molecule is CCc1[nH]c(=O)[nH]c1C(=O)Nc1ccccc1. The molecule has 5 heteroatoms. The lowest BCUT2D eigenvalue weighted by Crippen LogP contribution is -2.15. The number of para-hydroxylation sites is 1. The number of aromatic amines is 2. The van der Waals surface area contributed by atoms with E-state index in [4.69, 9.17) is 0 Å². The van der Waals surface area contributed by atoms with Gasteiger partial charge in [-0.15, -0.1) is 0 Å². The van der Waals surface area contributed by atoms with E-state index in [1.807, 2.05) is 25.1 Å². The van der Waals surface area contributed by atoms with Gasteiger partial charge in [0, 0.05) is 11.4 Å². The van der Waals surface area contributed by atoms with Gasteiger partial charge >= 0.3 is 5.69 Å². The molecule has 0 aliphatic heterocycles. The molecule has 0 radical (unpaired) electrons. The van der Waals surface area contributed by atoms with Crippen molar-refractivity contribution >= 4 is 11.6 Å². The fraction of sp³-hybridized carbons (Fsp3) is 0.167. The minimum Gasteiger partial charge on any atom is -0.321 e. The summed E-state index contributed by atoms with van der Waals surface area (Å²) in [4.78, 5) is 28.1. The summed E-state index contributed by atoms with van der Waals surface area (Å²) in [6.45, 7) is 1.87. The fourth-order valence-corrected chi connectivity index (χ4v) is 1.59. The van der Waals surface area contributed by atoms with Gasteiger partial charge in [0.2, 0.25) is 0 Å². The molecule has 2 aromatic rings. The van der Waals surface area contributed by atoms with E-state index in [1.54, 1.807) is 12.1 Å². The van der Waals surface area contributed by atoms with Crippen molar-refractivity contribution in [3.63, 3.8) is 0 Å². The highest BCUT2D eigenvalue weighted by Gasteiger charge is 2.13. The van der Waals surface area contributed by atoms with Crippen molar-refractivity contribution in [3.8, 4) is 0 Å². The molecule has 1 amide bonds. The summed E-state index contributed by atoms with van der Waals surface area (Å²) in [6.07, 6.45) is 0.594. The zero-order chi connectivity index (χ0) is 12.3. The standard InChI is InChI=1S/C12H13N3O2/c1-2-9-10(15-12(17)14-9)11(16)13-8-6-4-3-5-7-8/h3-7H,2H2,1H3,(H,13,16)(H2,14,15,17). The summed E-state index contributed by atoms with van der Waals surface area (Å²) < 4.78 is 0. The first kappa shape index (κ1) is 11.2. The normalized spacial score (nSPS) is 10.2. The molecule has 1 aromatic carbocycles. The summed E-state index contributed by atoms with van der Waals surface area (Å²) in [6, 6.07) is 9.10. The van der Waals surface area contributed by atoms with Crippen LogP contribution >= 0.6 is 0 Å². The molecule has 0 saturated carbocycles. The molecule has 1 heterocycles. The Morgan fingerprint density at radius 3 is 2.59 bits per heavy atom. The van der Waals surface area contributed by atoms with E-state index in [9.17, 15) is 9.59 Å². The number of H-pyrrole nitrogens is 2. The Balaban J connectivity index is 2.23. The Kier molecular flexibility index (Phi) is 3.09. The topological polar surface area (TPSA) is 77.8 Å². The number of carbonyl (C=O) groups is 1. The van der Waals surface area contributed by atoms with Crippen LogP contribution in [0.1, 0.15) is 23.1 Å². The van der Waals surface area contributed by atoms with Crippen LogP contribution in [0.2, 0.25) is 0 Å². The highest BCUT2D eigenvalue weighted by Crippen LogP contribution is 2.08. The van der Waals surface area contributed by atoms with Crippen molar-refractivity contribution in [2.45, 2.75) is 13.3 Å². The first-order valence-corrected chi connectivity index (χ1v) is 5.38. The van der Waals surface area contributed by atoms with Crippen LogP contribution in [-0.2, 0) is 6.42 Å². The number of aromatic nitrogens is 2. The van der Waals surface area contributed by atoms with E-state index in [0.29, 0.717) is 23.5 Å². The van der Waals surface area contributed by atoms with Gasteiger partial charge in [0.15, 0.2) is 0 Å². The van der Waals surface area contributed by atoms with Gasteiger partial charge in [0.05, 0.1) is 0 Å². The Labute approximate surface area is 97.9 Å². The van der Waals surface area contributed by atoms with Crippen LogP contribution in [-0.4, -0.2) is 15.9 Å². The summed E-state index contributed by atoms with van der Waals surface area (Å²) in [5, 5.41) is 2.72. The average Bonchev–Trinajstić information content (AvgIpc) is 2.72. The van der Waals surface area contributed by atoms with Crippen molar-refractivity contribution < 1.29 is 4.79 Å². The molecule has 2 rings (SSSR count). The molecule has 5 nitrogen and oxygen atoms in total. The largest absolute Gasteiger partial charge is 0.323 e. The van der Waals surface area contributed by atoms with Crippen LogP contribution in [0, 0.1) is 0 Å². The second-order valence-corrected chi connectivity index (χ2v) is 3.61. The highest BCUT2D eigenvalue weighted by molar-refractivity contribution is 6.03. The molecule has 0 bridgehead atoms. The van der Waals surface area contributed by atoms with Crippen molar-refractivity contribution in [2.75, 3.05) is 5.32 Å². The summed E-state index contributed by atoms with van der Waals surface area (Å²) >= 11 is 0. The molecule has 0 unspecified atom stereocenters. The fourth-order valence-electron chi connectivity index (χ4n) is 1.59. The van der Waals surface area contributed by atoms with E-state index >= 15 is 0 Å². The second kappa shape index (κ2) is 4.69. The molecular formula is C12H13N3O2. The van der Waals surface area contributed by atoms with Crippen LogP contribution in [0.3, 0.4) is 0 Å². The Hall–Kier alpha value is -2.30. The lowest BCUT2D eigenvalue weighted by atomic mass is 10.2. The van der Waals surface area contributed by atoms with E-state index in [1.165, 1.54) is 0 Å². The number of imidazole rings is 1. The minimum atomic E-state index is -0.361. The number of rotatable bonds is 3. The molecule has 0 atom stereocenters. The van der Waals surface area contributed by atoms with E-state index in [0.717, 1.165) is 0 Å². The van der Waals surface area contributed by atoms with Gasteiger partial charge in [-0.1, -0.05) is 25.1 Å². The van der Waals surface area contributed by atoms with Crippen molar-refractivity contribution in [1.29, 1.82) is 0 Å². The van der Waals surface area contributed by atoms with Crippen LogP contribution in [0.15, 0.2) is 35.1 Å². The van der Waals surface area contributed by atoms with Crippen LogP contribution in [0.4, 0.5) is 5.69 Å². The smallest absolute Gasteiger partial charge is 0.321 e. The summed E-state index contributed by atoms with van der Waals surface area (Å²) in [5.74, 6) is -0.314. The zero-order valence-corrected chi connectivity index (χ0v) is 9.41. The number of amides is 1. The predicted octanol–water partition coefficient (Wildman–Crippen LogP) is 1.52. The predicted molar refractivity (Wildman–Crippen MR) is 65.2 cm³/mol. The number of aryl methyl sites for hydroxylation is 1. The lowest BCUT2D eigenvalue weighted by Gasteiger charge is -2.04. The molecule has 0 saturated heterocycles. The third kappa shape index (κ3) is 2.44. The first-order chi connectivity index (χ1) is 8.20. The van der Waals surface area contributed by atoms with Crippen LogP contribution < -0.4 is 11.0 Å². The second-order valence-electron chi connectivity index (χ2n) is 3.61. The lowest BCUT2D eigenvalue weighted by molar-refractivity contribution is 0.102. The Morgan fingerprint density at radius 1 is 1.24 bits per heavy atom. The third-order valence-electron chi connectivity index (χ3n) is 2.42. The number of carbonyl (C=O) groups excluding carboxylic acids is 1. The molecule has 88 valence electrons. The van der Waals surface area contributed by atoms with Crippen molar-refractivity contribution in [2.24, 2.45) is 0 Å². The zero-order valence-electron chi connectivity index (χ0n) is 9.41. The van der Waals surface area contributed by atoms with Gasteiger partial charge < -0.3 is 15.3 Å². The number of anilines is 1. The number of hydrogen-bond acceptors (Lipinski definition) is 2. The molecular weight excluding hydrogens is 218 g/mol. The van der Waals surface area contributed by atoms with Gasteiger partial charge in [-0.05, 0) is 18.6 Å². The quantitative estimate of drug-likeness (QED) is 0.748. The van der Waals surface area contributed by atoms with Crippen molar-refractivity contribution in [3.05, 3.63) is 52.2 Å². The van der Waals surface area contributed by atoms with Crippen LogP contribution in [0.5, 0.6) is 0 Å². The number of nitrogens with one attached hydrogen (secondary N) is 3. The maximum atomic E-state index is 11.9. The average molecular weight is 231 g/mol. The van der Waals surface area contributed by atoms with Gasteiger partial charge in [-0.3, -0.25) is 4.79 Å². The van der Waals surface area contributed by atoms with Gasteiger partial charge in [-0.2, -0.15) is 0 Å². The summed E-state index contributed by atoms with van der Waals surface area (Å²) in [5.41, 5.74) is 1.24. The number of hydrogen-bond donors (Lipinski definition) is 3. The molecule has 17 heavy (non-hydrogen) atoms. The Bertz CT molecular complexity index is 569. The maximum absolute atomic E-state index is 11.9. The van der Waals surface area contributed by atoms with E-state index in [-0.39, 0.29) is 11.6 Å². The summed E-state index contributed by atoms with van der Waals surface area (Å²) in [7, 11) is 0. The first-order valence-electron chi connectivity index (χ1n) is 5.38. The Morgan fingerprint density at radius 2 is 1.94 bits per heavy atom. The molecule has 0 aliphatic carbocycles. The van der Waals surface area contributed by atoms with E-state index in [2.05, 4.69) is 15.3 Å². The van der Waals surface area contributed by atoms with Gasteiger partial charge in [-0.25, -0.2) is 4.79 Å². The highest BCUT2D eigenvalue weighted by atomic mass is 16.2. The molecule has 0 fully saturated rings. The third-order valence-corrected chi connectivity index (χ3v) is 2.42. The molecule has 1 aromatic heterocycles. The van der Waals surface area contributed by atoms with E-state index < -0.39 is 0 Å². The molecule has 0 spiro atoms. The van der Waals surface area contributed by atoms with Crippen molar-refractivity contribution in [1.82, 2.24) is 9.97 Å². The maximum Gasteiger partial charge on any atom is 0.323 e. The van der Waals surface area contributed by atoms with Gasteiger partial charge in [0.25, 0.3) is 5.91 Å². The molecule has 0 aliphatic rings. The van der Waals surface area contributed by atoms with Crippen LogP contribution in [0.25, 0.3) is 0 Å². The number of benzene rings is 1.